The van der Waals surface area contributed by atoms with Crippen molar-refractivity contribution in [1.82, 2.24) is 5.32 Å². The zero-order valence-corrected chi connectivity index (χ0v) is 13.2. The largest absolute Gasteiger partial charge is 0.378 e. The van der Waals surface area contributed by atoms with Crippen LogP contribution in [0.3, 0.4) is 0 Å². The molecule has 2 N–H and O–H groups in total. The molecule has 0 saturated heterocycles. The maximum atomic E-state index is 12.2. The molecular weight excluding hydrogens is 290 g/mol. The second-order valence-corrected chi connectivity index (χ2v) is 5.81. The summed E-state index contributed by atoms with van der Waals surface area (Å²) in [6.45, 7) is 0. The Hall–Kier alpha value is -2.82. The van der Waals surface area contributed by atoms with Gasteiger partial charge in [0.15, 0.2) is 0 Å². The smallest absolute Gasteiger partial charge is 0.252 e. The standard InChI is InChI=1S/C18H19N3O2/c1-21(2)13-9-7-12(8-10-13)19-17(22)11-16-14-5-3-4-6-15(14)18(23)20-16/h3-10,16H,11H2,1-2H3,(H,19,22)(H,20,23)/t16-/m0/s1. The molecule has 1 heterocycles. The van der Waals surface area contributed by atoms with Gasteiger partial charge in [0.05, 0.1) is 12.5 Å². The van der Waals surface area contributed by atoms with Crippen molar-refractivity contribution in [2.75, 3.05) is 24.3 Å². The summed E-state index contributed by atoms with van der Waals surface area (Å²) in [4.78, 5) is 26.1. The van der Waals surface area contributed by atoms with Gasteiger partial charge in [0.1, 0.15) is 0 Å². The van der Waals surface area contributed by atoms with E-state index in [4.69, 9.17) is 0 Å². The minimum absolute atomic E-state index is 0.117. The molecule has 1 atom stereocenters. The van der Waals surface area contributed by atoms with E-state index in [1.165, 1.54) is 0 Å². The zero-order chi connectivity index (χ0) is 16.4. The molecule has 5 heteroatoms. The number of nitrogens with one attached hydrogen (secondary N) is 2. The van der Waals surface area contributed by atoms with Gasteiger partial charge in [0, 0.05) is 31.0 Å². The van der Waals surface area contributed by atoms with Crippen LogP contribution in [0.4, 0.5) is 11.4 Å². The molecule has 0 bridgehead atoms. The highest BCUT2D eigenvalue weighted by Gasteiger charge is 2.29. The summed E-state index contributed by atoms with van der Waals surface area (Å²) < 4.78 is 0. The lowest BCUT2D eigenvalue weighted by Gasteiger charge is -2.14. The summed E-state index contributed by atoms with van der Waals surface area (Å²) in [6.07, 6.45) is 0.220. The Balaban J connectivity index is 1.65. The lowest BCUT2D eigenvalue weighted by atomic mass is 10.0. The SMILES string of the molecule is CN(C)c1ccc(NC(=O)C[C@@H]2NC(=O)c3ccccc32)cc1. The second-order valence-electron chi connectivity index (χ2n) is 5.81. The van der Waals surface area contributed by atoms with Gasteiger partial charge in [-0.1, -0.05) is 18.2 Å². The number of carbonyl (C=O) groups excluding carboxylic acids is 2. The number of fused-ring (bicyclic) bond motifs is 1. The fourth-order valence-corrected chi connectivity index (χ4v) is 2.72. The molecule has 0 unspecified atom stereocenters. The van der Waals surface area contributed by atoms with Gasteiger partial charge in [-0.05, 0) is 35.9 Å². The van der Waals surface area contributed by atoms with Crippen LogP contribution in [0.25, 0.3) is 0 Å². The number of hydrogen-bond acceptors (Lipinski definition) is 3. The van der Waals surface area contributed by atoms with Gasteiger partial charge >= 0.3 is 0 Å². The van der Waals surface area contributed by atoms with E-state index in [1.54, 1.807) is 6.07 Å². The summed E-state index contributed by atoms with van der Waals surface area (Å²) in [5.74, 6) is -0.238. The molecule has 0 saturated carbocycles. The van der Waals surface area contributed by atoms with Crippen LogP contribution in [-0.2, 0) is 4.79 Å². The van der Waals surface area contributed by atoms with Crippen LogP contribution in [0, 0.1) is 0 Å². The fraction of sp³-hybridized carbons (Fsp3) is 0.222. The van der Waals surface area contributed by atoms with Crippen molar-refractivity contribution in [1.29, 1.82) is 0 Å². The number of nitrogens with zero attached hydrogens (tertiary/aromatic N) is 1. The topological polar surface area (TPSA) is 61.4 Å². The average molecular weight is 309 g/mol. The molecule has 5 nitrogen and oxygen atoms in total. The highest BCUT2D eigenvalue weighted by Crippen LogP contribution is 2.27. The van der Waals surface area contributed by atoms with E-state index in [-0.39, 0.29) is 24.3 Å². The van der Waals surface area contributed by atoms with E-state index in [0.29, 0.717) is 5.56 Å². The first kappa shape index (κ1) is 15.1. The van der Waals surface area contributed by atoms with Crippen molar-refractivity contribution >= 4 is 23.2 Å². The van der Waals surface area contributed by atoms with E-state index < -0.39 is 0 Å². The van der Waals surface area contributed by atoms with Gasteiger partial charge in [0.2, 0.25) is 5.91 Å². The van der Waals surface area contributed by atoms with Crippen LogP contribution in [0.15, 0.2) is 48.5 Å². The second kappa shape index (κ2) is 6.12. The van der Waals surface area contributed by atoms with Gasteiger partial charge in [-0.25, -0.2) is 0 Å². The number of benzene rings is 2. The van der Waals surface area contributed by atoms with Gasteiger partial charge in [-0.3, -0.25) is 9.59 Å². The Morgan fingerprint density at radius 2 is 1.83 bits per heavy atom. The molecule has 2 aromatic rings. The molecule has 23 heavy (non-hydrogen) atoms. The maximum Gasteiger partial charge on any atom is 0.252 e. The summed E-state index contributed by atoms with van der Waals surface area (Å²) in [7, 11) is 3.93. The van der Waals surface area contributed by atoms with Crippen molar-refractivity contribution in [3.8, 4) is 0 Å². The molecule has 3 rings (SSSR count). The number of rotatable bonds is 4. The highest BCUT2D eigenvalue weighted by atomic mass is 16.2. The van der Waals surface area contributed by atoms with Crippen LogP contribution in [0.2, 0.25) is 0 Å². The van der Waals surface area contributed by atoms with Crippen LogP contribution in [0.5, 0.6) is 0 Å². The molecular formula is C18H19N3O2. The lowest BCUT2D eigenvalue weighted by molar-refractivity contribution is -0.116. The zero-order valence-electron chi connectivity index (χ0n) is 13.2. The molecule has 2 aromatic carbocycles. The predicted molar refractivity (Wildman–Crippen MR) is 90.7 cm³/mol. The minimum atomic E-state index is -0.264. The Bertz CT molecular complexity index is 738. The van der Waals surface area contributed by atoms with Crippen molar-refractivity contribution in [2.45, 2.75) is 12.5 Å². The number of amides is 2. The van der Waals surface area contributed by atoms with Gasteiger partial charge in [0.25, 0.3) is 5.91 Å². The summed E-state index contributed by atoms with van der Waals surface area (Å²) in [5.41, 5.74) is 3.36. The third kappa shape index (κ3) is 3.18. The Labute approximate surface area is 135 Å². The lowest BCUT2D eigenvalue weighted by Crippen LogP contribution is -2.24. The van der Waals surface area contributed by atoms with Gasteiger partial charge in [-0.2, -0.15) is 0 Å². The molecule has 118 valence electrons. The van der Waals surface area contributed by atoms with Crippen LogP contribution in [-0.4, -0.2) is 25.9 Å². The predicted octanol–water partition coefficient (Wildman–Crippen LogP) is 2.57. The highest BCUT2D eigenvalue weighted by molar-refractivity contribution is 6.00. The molecule has 2 amide bonds. The first-order valence-electron chi connectivity index (χ1n) is 7.51. The summed E-state index contributed by atoms with van der Waals surface area (Å²) >= 11 is 0. The normalized spacial score (nSPS) is 15.7. The quantitative estimate of drug-likeness (QED) is 0.912. The molecule has 0 aliphatic carbocycles. The van der Waals surface area contributed by atoms with E-state index in [0.717, 1.165) is 16.9 Å². The van der Waals surface area contributed by atoms with Gasteiger partial charge in [-0.15, -0.1) is 0 Å². The van der Waals surface area contributed by atoms with Crippen molar-refractivity contribution < 1.29 is 9.59 Å². The van der Waals surface area contributed by atoms with Crippen LogP contribution < -0.4 is 15.5 Å². The monoisotopic (exact) mass is 309 g/mol. The summed E-state index contributed by atoms with van der Waals surface area (Å²) in [5, 5.41) is 5.73. The van der Waals surface area contributed by atoms with E-state index in [2.05, 4.69) is 10.6 Å². The average Bonchev–Trinajstić information content (AvgIpc) is 2.84. The first-order valence-corrected chi connectivity index (χ1v) is 7.51. The van der Waals surface area contributed by atoms with Crippen LogP contribution >= 0.6 is 0 Å². The molecule has 0 fully saturated rings. The number of hydrogen-bond donors (Lipinski definition) is 2. The molecule has 0 spiro atoms. The number of carbonyl (C=O) groups is 2. The van der Waals surface area contributed by atoms with Crippen molar-refractivity contribution in [3.05, 3.63) is 59.7 Å². The van der Waals surface area contributed by atoms with E-state index >= 15 is 0 Å². The number of anilines is 2. The molecule has 1 aliphatic rings. The van der Waals surface area contributed by atoms with Crippen molar-refractivity contribution in [3.63, 3.8) is 0 Å². The Morgan fingerprint density at radius 1 is 1.13 bits per heavy atom. The molecule has 1 aliphatic heterocycles. The Morgan fingerprint density at radius 3 is 2.52 bits per heavy atom. The van der Waals surface area contributed by atoms with Crippen LogP contribution in [0.1, 0.15) is 28.4 Å². The third-order valence-electron chi connectivity index (χ3n) is 3.94. The Kier molecular flexibility index (Phi) is 4.02. The molecule has 0 radical (unpaired) electrons. The third-order valence-corrected chi connectivity index (χ3v) is 3.94. The van der Waals surface area contributed by atoms with Crippen molar-refractivity contribution in [2.24, 2.45) is 0 Å². The summed E-state index contributed by atoms with van der Waals surface area (Å²) in [6, 6.07) is 14.7. The first-order chi connectivity index (χ1) is 11.0. The van der Waals surface area contributed by atoms with E-state index in [1.807, 2.05) is 61.5 Å². The van der Waals surface area contributed by atoms with E-state index in [9.17, 15) is 9.59 Å². The van der Waals surface area contributed by atoms with Gasteiger partial charge < -0.3 is 15.5 Å². The fourth-order valence-electron chi connectivity index (χ4n) is 2.72. The minimum Gasteiger partial charge on any atom is -0.378 e. The maximum absolute atomic E-state index is 12.2. The molecule has 0 aromatic heterocycles.